The molecule has 0 bridgehead atoms. The zero-order chi connectivity index (χ0) is 13.7. The molecule has 0 radical (unpaired) electrons. The van der Waals surface area contributed by atoms with Crippen molar-refractivity contribution in [1.82, 2.24) is 0 Å². The number of carbonyl (C=O) groups is 1. The van der Waals surface area contributed by atoms with Crippen molar-refractivity contribution < 1.29 is 19.0 Å². The summed E-state index contributed by atoms with van der Waals surface area (Å²) >= 11 is 0. The predicted molar refractivity (Wildman–Crippen MR) is 72.7 cm³/mol. The van der Waals surface area contributed by atoms with E-state index in [1.54, 1.807) is 13.2 Å². The SMILES string of the molecule is COCOCC(=O)c1ccc2ccccc2c1OC. The van der Waals surface area contributed by atoms with E-state index in [-0.39, 0.29) is 19.2 Å². The molecular weight excluding hydrogens is 244 g/mol. The van der Waals surface area contributed by atoms with Gasteiger partial charge in [-0.3, -0.25) is 4.79 Å². The standard InChI is InChI=1S/C15H16O4/c1-17-10-19-9-14(16)13-8-7-11-5-3-4-6-12(11)15(13)18-2/h3-8H,9-10H2,1-2H3. The number of methoxy groups -OCH3 is 2. The number of ketones is 1. The minimum atomic E-state index is -0.125. The van der Waals surface area contributed by atoms with E-state index >= 15 is 0 Å². The number of ether oxygens (including phenoxy) is 3. The van der Waals surface area contributed by atoms with E-state index in [0.717, 1.165) is 10.8 Å². The van der Waals surface area contributed by atoms with Gasteiger partial charge in [-0.15, -0.1) is 0 Å². The fourth-order valence-corrected chi connectivity index (χ4v) is 1.98. The quantitative estimate of drug-likeness (QED) is 0.455. The van der Waals surface area contributed by atoms with Crippen molar-refractivity contribution in [2.45, 2.75) is 0 Å². The van der Waals surface area contributed by atoms with Gasteiger partial charge in [0.25, 0.3) is 0 Å². The Morgan fingerprint density at radius 1 is 1.11 bits per heavy atom. The highest BCUT2D eigenvalue weighted by Crippen LogP contribution is 2.29. The van der Waals surface area contributed by atoms with Gasteiger partial charge in [0.05, 0.1) is 12.7 Å². The van der Waals surface area contributed by atoms with Gasteiger partial charge in [-0.1, -0.05) is 30.3 Å². The summed E-state index contributed by atoms with van der Waals surface area (Å²) in [4.78, 5) is 12.1. The molecule has 0 saturated carbocycles. The Bertz CT molecular complexity index is 577. The minimum absolute atomic E-state index is 0.0253. The third-order valence-electron chi connectivity index (χ3n) is 2.82. The molecule has 2 aromatic carbocycles. The van der Waals surface area contributed by atoms with E-state index in [2.05, 4.69) is 0 Å². The van der Waals surface area contributed by atoms with Crippen molar-refractivity contribution in [2.75, 3.05) is 27.6 Å². The van der Waals surface area contributed by atoms with Crippen LogP contribution in [0.2, 0.25) is 0 Å². The van der Waals surface area contributed by atoms with Gasteiger partial charge < -0.3 is 14.2 Å². The number of hydrogen-bond acceptors (Lipinski definition) is 4. The van der Waals surface area contributed by atoms with Crippen LogP contribution in [0, 0.1) is 0 Å². The first-order chi connectivity index (χ1) is 9.27. The highest BCUT2D eigenvalue weighted by atomic mass is 16.7. The van der Waals surface area contributed by atoms with E-state index in [0.29, 0.717) is 11.3 Å². The Morgan fingerprint density at radius 2 is 1.89 bits per heavy atom. The number of carbonyl (C=O) groups excluding carboxylic acids is 1. The average Bonchev–Trinajstić information content (AvgIpc) is 2.46. The molecule has 0 aliphatic carbocycles. The lowest BCUT2D eigenvalue weighted by Gasteiger charge is -2.11. The predicted octanol–water partition coefficient (Wildman–Crippen LogP) is 2.65. The summed E-state index contributed by atoms with van der Waals surface area (Å²) in [5, 5.41) is 1.95. The van der Waals surface area contributed by atoms with Crippen molar-refractivity contribution in [3.8, 4) is 5.75 Å². The van der Waals surface area contributed by atoms with Crippen molar-refractivity contribution in [3.05, 3.63) is 42.0 Å². The van der Waals surface area contributed by atoms with E-state index in [1.807, 2.05) is 30.3 Å². The highest BCUT2D eigenvalue weighted by Gasteiger charge is 2.14. The number of fused-ring (bicyclic) bond motifs is 1. The summed E-state index contributed by atoms with van der Waals surface area (Å²) in [5.41, 5.74) is 0.525. The third-order valence-corrected chi connectivity index (χ3v) is 2.82. The monoisotopic (exact) mass is 260 g/mol. The topological polar surface area (TPSA) is 44.8 Å². The maximum Gasteiger partial charge on any atom is 0.192 e. The normalized spacial score (nSPS) is 10.6. The van der Waals surface area contributed by atoms with E-state index < -0.39 is 0 Å². The molecule has 0 aliphatic heterocycles. The molecule has 0 unspecified atom stereocenters. The lowest BCUT2D eigenvalue weighted by molar-refractivity contribution is -0.0238. The number of benzene rings is 2. The second-order valence-corrected chi connectivity index (χ2v) is 4.05. The third kappa shape index (κ3) is 2.92. The number of rotatable bonds is 6. The van der Waals surface area contributed by atoms with Crippen LogP contribution in [0.15, 0.2) is 36.4 Å². The second-order valence-electron chi connectivity index (χ2n) is 4.05. The van der Waals surface area contributed by atoms with Gasteiger partial charge >= 0.3 is 0 Å². The molecule has 100 valence electrons. The first-order valence-corrected chi connectivity index (χ1v) is 5.93. The first-order valence-electron chi connectivity index (χ1n) is 5.93. The molecule has 2 aromatic rings. The van der Waals surface area contributed by atoms with Crippen LogP contribution in [0.4, 0.5) is 0 Å². The van der Waals surface area contributed by atoms with Crippen LogP contribution < -0.4 is 4.74 Å². The van der Waals surface area contributed by atoms with Crippen molar-refractivity contribution in [1.29, 1.82) is 0 Å². The fraction of sp³-hybridized carbons (Fsp3) is 0.267. The lowest BCUT2D eigenvalue weighted by Crippen LogP contribution is -2.11. The molecular formula is C15H16O4. The van der Waals surface area contributed by atoms with Gasteiger partial charge in [0.1, 0.15) is 19.1 Å². The molecule has 0 aromatic heterocycles. The van der Waals surface area contributed by atoms with E-state index in [1.165, 1.54) is 7.11 Å². The van der Waals surface area contributed by atoms with Crippen molar-refractivity contribution in [2.24, 2.45) is 0 Å². The van der Waals surface area contributed by atoms with Gasteiger partial charge in [-0.05, 0) is 11.5 Å². The van der Waals surface area contributed by atoms with Gasteiger partial charge in [-0.2, -0.15) is 0 Å². The zero-order valence-electron chi connectivity index (χ0n) is 11.0. The Kier molecular flexibility index (Phi) is 4.49. The molecule has 4 nitrogen and oxygen atoms in total. The van der Waals surface area contributed by atoms with Crippen LogP contribution in [0.1, 0.15) is 10.4 Å². The maximum absolute atomic E-state index is 12.1. The number of Topliss-reactive ketones (excluding diaryl/α,β-unsaturated/α-hetero) is 1. The Morgan fingerprint density at radius 3 is 2.63 bits per heavy atom. The molecule has 19 heavy (non-hydrogen) atoms. The van der Waals surface area contributed by atoms with E-state index in [4.69, 9.17) is 14.2 Å². The minimum Gasteiger partial charge on any atom is -0.495 e. The summed E-state index contributed by atoms with van der Waals surface area (Å²) in [7, 11) is 3.08. The summed E-state index contributed by atoms with van der Waals surface area (Å²) in [6, 6.07) is 11.4. The molecule has 0 aliphatic rings. The summed E-state index contributed by atoms with van der Waals surface area (Å²) in [6.45, 7) is 0.0736. The molecule has 0 N–H and O–H groups in total. The molecule has 0 saturated heterocycles. The lowest BCUT2D eigenvalue weighted by atomic mass is 10.0. The Hall–Kier alpha value is -1.91. The maximum atomic E-state index is 12.1. The zero-order valence-corrected chi connectivity index (χ0v) is 11.0. The van der Waals surface area contributed by atoms with Crippen LogP contribution in [0.3, 0.4) is 0 Å². The first kappa shape index (κ1) is 13.5. The molecule has 0 amide bonds. The van der Waals surface area contributed by atoms with Crippen LogP contribution in [-0.2, 0) is 9.47 Å². The fourth-order valence-electron chi connectivity index (χ4n) is 1.98. The van der Waals surface area contributed by atoms with Gasteiger partial charge in [0.15, 0.2) is 5.78 Å². The van der Waals surface area contributed by atoms with E-state index in [9.17, 15) is 4.79 Å². The molecule has 4 heteroatoms. The van der Waals surface area contributed by atoms with Crippen molar-refractivity contribution in [3.63, 3.8) is 0 Å². The second kappa shape index (κ2) is 6.31. The molecule has 0 spiro atoms. The Labute approximate surface area is 111 Å². The van der Waals surface area contributed by atoms with Gasteiger partial charge in [0.2, 0.25) is 0 Å². The summed E-state index contributed by atoms with van der Waals surface area (Å²) in [6.07, 6.45) is 0. The van der Waals surface area contributed by atoms with Gasteiger partial charge in [0, 0.05) is 12.5 Å². The van der Waals surface area contributed by atoms with Crippen molar-refractivity contribution >= 4 is 16.6 Å². The largest absolute Gasteiger partial charge is 0.495 e. The van der Waals surface area contributed by atoms with Crippen LogP contribution >= 0.6 is 0 Å². The Balaban J connectivity index is 2.35. The summed E-state index contributed by atoms with van der Waals surface area (Å²) < 4.78 is 15.2. The highest BCUT2D eigenvalue weighted by molar-refractivity contribution is 6.05. The number of hydrogen-bond donors (Lipinski definition) is 0. The van der Waals surface area contributed by atoms with Gasteiger partial charge in [-0.25, -0.2) is 0 Å². The smallest absolute Gasteiger partial charge is 0.192 e. The van der Waals surface area contributed by atoms with Crippen LogP contribution in [0.25, 0.3) is 10.8 Å². The molecule has 0 fully saturated rings. The molecule has 2 rings (SSSR count). The summed E-state index contributed by atoms with van der Waals surface area (Å²) in [5.74, 6) is 0.462. The van der Waals surface area contributed by atoms with Crippen LogP contribution in [0.5, 0.6) is 5.75 Å². The van der Waals surface area contributed by atoms with Crippen LogP contribution in [-0.4, -0.2) is 33.4 Å². The average molecular weight is 260 g/mol. The molecule has 0 atom stereocenters. The molecule has 0 heterocycles.